The Morgan fingerprint density at radius 1 is 1.60 bits per heavy atom. The minimum Gasteiger partial charge on any atom is -0.390 e. The first-order valence-electron chi connectivity index (χ1n) is 3.26. The summed E-state index contributed by atoms with van der Waals surface area (Å²) in [4.78, 5) is 10.2. The van der Waals surface area contributed by atoms with Crippen LogP contribution in [0.15, 0.2) is 11.6 Å². The second-order valence-electron chi connectivity index (χ2n) is 2.46. The number of aliphatic hydroxyl groups excluding tert-OH is 2. The third-order valence-electron chi connectivity index (χ3n) is 1.66. The molecule has 0 bridgehead atoms. The molecular formula is C7H10O3. The van der Waals surface area contributed by atoms with Gasteiger partial charge in [0.05, 0.1) is 12.2 Å². The lowest BCUT2D eigenvalue weighted by Gasteiger charge is -2.19. The summed E-state index contributed by atoms with van der Waals surface area (Å²) in [5, 5.41) is 18.0. The SMILES string of the molecule is O=CC1=C[C@@H](O)[C@@H](O)CC1. The summed E-state index contributed by atoms with van der Waals surface area (Å²) in [5.74, 6) is 0. The molecule has 0 radical (unpaired) electrons. The zero-order valence-electron chi connectivity index (χ0n) is 5.53. The third-order valence-corrected chi connectivity index (χ3v) is 1.66. The number of aldehydes is 1. The van der Waals surface area contributed by atoms with E-state index in [0.717, 1.165) is 6.29 Å². The fourth-order valence-corrected chi connectivity index (χ4v) is 0.997. The molecule has 2 atom stereocenters. The van der Waals surface area contributed by atoms with Gasteiger partial charge >= 0.3 is 0 Å². The van der Waals surface area contributed by atoms with Crippen molar-refractivity contribution in [2.45, 2.75) is 25.0 Å². The van der Waals surface area contributed by atoms with Crippen LogP contribution < -0.4 is 0 Å². The number of hydrogen-bond donors (Lipinski definition) is 2. The molecule has 2 N–H and O–H groups in total. The van der Waals surface area contributed by atoms with Crippen LogP contribution in [0.2, 0.25) is 0 Å². The monoisotopic (exact) mass is 142 g/mol. The molecule has 0 fully saturated rings. The lowest BCUT2D eigenvalue weighted by atomic mass is 9.96. The largest absolute Gasteiger partial charge is 0.390 e. The van der Waals surface area contributed by atoms with Crippen molar-refractivity contribution < 1.29 is 15.0 Å². The van der Waals surface area contributed by atoms with Crippen molar-refractivity contribution in [3.8, 4) is 0 Å². The average molecular weight is 142 g/mol. The number of carbonyl (C=O) groups excluding carboxylic acids is 1. The van der Waals surface area contributed by atoms with E-state index in [-0.39, 0.29) is 0 Å². The van der Waals surface area contributed by atoms with Crippen molar-refractivity contribution in [3.05, 3.63) is 11.6 Å². The van der Waals surface area contributed by atoms with Gasteiger partial charge in [-0.05, 0) is 24.5 Å². The molecule has 0 aliphatic heterocycles. The van der Waals surface area contributed by atoms with E-state index in [1.54, 1.807) is 0 Å². The number of allylic oxidation sites excluding steroid dienone is 1. The van der Waals surface area contributed by atoms with Gasteiger partial charge in [-0.25, -0.2) is 0 Å². The summed E-state index contributed by atoms with van der Waals surface area (Å²) in [7, 11) is 0. The molecule has 56 valence electrons. The van der Waals surface area contributed by atoms with Crippen LogP contribution in [0, 0.1) is 0 Å². The minimum atomic E-state index is -0.853. The Hall–Kier alpha value is -0.670. The van der Waals surface area contributed by atoms with E-state index in [1.165, 1.54) is 6.08 Å². The van der Waals surface area contributed by atoms with Gasteiger partial charge in [-0.15, -0.1) is 0 Å². The molecule has 0 saturated heterocycles. The van der Waals surface area contributed by atoms with Crippen LogP contribution in [0.3, 0.4) is 0 Å². The van der Waals surface area contributed by atoms with Gasteiger partial charge in [-0.1, -0.05) is 0 Å². The van der Waals surface area contributed by atoms with E-state index in [2.05, 4.69) is 0 Å². The normalized spacial score (nSPS) is 33.2. The number of rotatable bonds is 1. The van der Waals surface area contributed by atoms with Crippen LogP contribution in [0.5, 0.6) is 0 Å². The Balaban J connectivity index is 2.65. The van der Waals surface area contributed by atoms with Gasteiger partial charge < -0.3 is 10.2 Å². The highest BCUT2D eigenvalue weighted by Crippen LogP contribution is 2.16. The quantitative estimate of drug-likeness (QED) is 0.491. The Kier molecular flexibility index (Phi) is 2.19. The molecule has 0 aromatic rings. The van der Waals surface area contributed by atoms with E-state index < -0.39 is 12.2 Å². The zero-order chi connectivity index (χ0) is 7.56. The van der Waals surface area contributed by atoms with Crippen molar-refractivity contribution >= 4 is 6.29 Å². The summed E-state index contributed by atoms with van der Waals surface area (Å²) in [6.45, 7) is 0. The van der Waals surface area contributed by atoms with Crippen molar-refractivity contribution in [1.29, 1.82) is 0 Å². The molecule has 0 saturated carbocycles. The topological polar surface area (TPSA) is 57.5 Å². The van der Waals surface area contributed by atoms with Gasteiger partial charge in [-0.2, -0.15) is 0 Å². The van der Waals surface area contributed by atoms with E-state index >= 15 is 0 Å². The molecule has 1 rings (SSSR count). The molecule has 1 aliphatic rings. The van der Waals surface area contributed by atoms with Crippen LogP contribution in [0.1, 0.15) is 12.8 Å². The van der Waals surface area contributed by atoms with Crippen LogP contribution >= 0.6 is 0 Å². The Labute approximate surface area is 59.0 Å². The first kappa shape index (κ1) is 7.44. The first-order valence-corrected chi connectivity index (χ1v) is 3.26. The minimum absolute atomic E-state index is 0.478. The predicted octanol–water partition coefficient (Wildman–Crippen LogP) is -0.373. The molecular weight excluding hydrogens is 132 g/mol. The fourth-order valence-electron chi connectivity index (χ4n) is 0.997. The summed E-state index contributed by atoms with van der Waals surface area (Å²) in [6, 6.07) is 0. The van der Waals surface area contributed by atoms with Gasteiger partial charge in [0.25, 0.3) is 0 Å². The van der Waals surface area contributed by atoms with Crippen molar-refractivity contribution in [2.24, 2.45) is 0 Å². The molecule has 1 aliphatic carbocycles. The Morgan fingerprint density at radius 2 is 2.30 bits per heavy atom. The Bertz CT molecular complexity index is 162. The molecule has 0 unspecified atom stereocenters. The summed E-state index contributed by atoms with van der Waals surface area (Å²) >= 11 is 0. The lowest BCUT2D eigenvalue weighted by Crippen LogP contribution is -2.27. The number of carbonyl (C=O) groups is 1. The summed E-state index contributed by atoms with van der Waals surface area (Å²) < 4.78 is 0. The average Bonchev–Trinajstić information content (AvgIpc) is 1.95. The fraction of sp³-hybridized carbons (Fsp3) is 0.571. The number of aliphatic hydroxyl groups is 2. The van der Waals surface area contributed by atoms with Crippen LogP contribution in [-0.4, -0.2) is 28.7 Å². The van der Waals surface area contributed by atoms with E-state index in [4.69, 9.17) is 10.2 Å². The van der Waals surface area contributed by atoms with Gasteiger partial charge in [0.1, 0.15) is 6.29 Å². The molecule has 0 spiro atoms. The second kappa shape index (κ2) is 2.94. The van der Waals surface area contributed by atoms with Crippen molar-refractivity contribution in [3.63, 3.8) is 0 Å². The van der Waals surface area contributed by atoms with Gasteiger partial charge in [0, 0.05) is 0 Å². The highest BCUT2D eigenvalue weighted by Gasteiger charge is 2.19. The summed E-state index contributed by atoms with van der Waals surface area (Å²) in [5.41, 5.74) is 0.581. The molecule has 0 aromatic carbocycles. The van der Waals surface area contributed by atoms with Crippen molar-refractivity contribution in [1.82, 2.24) is 0 Å². The van der Waals surface area contributed by atoms with Gasteiger partial charge in [-0.3, -0.25) is 4.79 Å². The maximum atomic E-state index is 10.2. The van der Waals surface area contributed by atoms with Crippen LogP contribution in [0.4, 0.5) is 0 Å². The van der Waals surface area contributed by atoms with E-state index in [9.17, 15) is 4.79 Å². The first-order chi connectivity index (χ1) is 4.74. The van der Waals surface area contributed by atoms with E-state index in [0.29, 0.717) is 18.4 Å². The predicted molar refractivity (Wildman–Crippen MR) is 35.4 cm³/mol. The highest BCUT2D eigenvalue weighted by atomic mass is 16.3. The molecule has 10 heavy (non-hydrogen) atoms. The van der Waals surface area contributed by atoms with E-state index in [1.807, 2.05) is 0 Å². The molecule has 3 heteroatoms. The highest BCUT2D eigenvalue weighted by molar-refractivity contribution is 5.73. The lowest BCUT2D eigenvalue weighted by molar-refractivity contribution is -0.105. The molecule has 0 heterocycles. The smallest absolute Gasteiger partial charge is 0.145 e. The summed E-state index contributed by atoms with van der Waals surface area (Å²) in [6.07, 6.45) is 1.63. The van der Waals surface area contributed by atoms with Gasteiger partial charge in [0.15, 0.2) is 0 Å². The van der Waals surface area contributed by atoms with Crippen LogP contribution in [0.25, 0.3) is 0 Å². The number of hydrogen-bond acceptors (Lipinski definition) is 3. The van der Waals surface area contributed by atoms with Gasteiger partial charge in [0.2, 0.25) is 0 Å². The maximum absolute atomic E-state index is 10.2. The zero-order valence-corrected chi connectivity index (χ0v) is 5.53. The molecule has 0 amide bonds. The Morgan fingerprint density at radius 3 is 2.80 bits per heavy atom. The van der Waals surface area contributed by atoms with Crippen LogP contribution in [-0.2, 0) is 4.79 Å². The third kappa shape index (κ3) is 1.43. The maximum Gasteiger partial charge on any atom is 0.145 e. The van der Waals surface area contributed by atoms with Crippen molar-refractivity contribution in [2.75, 3.05) is 0 Å². The standard InChI is InChI=1S/C7H10O3/c8-4-5-1-2-6(9)7(10)3-5/h3-4,6-7,9-10H,1-2H2/t6-,7+/m0/s1. The second-order valence-corrected chi connectivity index (χ2v) is 2.46. The molecule has 0 aromatic heterocycles. The molecule has 3 nitrogen and oxygen atoms in total.